The van der Waals surface area contributed by atoms with E-state index in [1.54, 1.807) is 24.3 Å². The maximum atomic E-state index is 13.4. The Kier molecular flexibility index (Phi) is 6.87. The molecule has 1 saturated heterocycles. The zero-order chi connectivity index (χ0) is 22.5. The smallest absolute Gasteiger partial charge is 0.321 e. The van der Waals surface area contributed by atoms with Crippen LogP contribution in [0.1, 0.15) is 33.4 Å². The van der Waals surface area contributed by atoms with Crippen LogP contribution in [0.15, 0.2) is 59.0 Å². The lowest BCUT2D eigenvalue weighted by molar-refractivity contribution is -0.141. The molecule has 1 aliphatic heterocycles. The van der Waals surface area contributed by atoms with Gasteiger partial charge < -0.3 is 18.8 Å². The molecule has 4 rings (SSSR count). The second kappa shape index (κ2) is 9.97. The molecule has 3 aromatic rings. The number of Topliss-reactive ketones (excluding diaryl/α,β-unsaturated/α-hetero) is 1. The van der Waals surface area contributed by atoms with Crippen molar-refractivity contribution in [3.63, 3.8) is 0 Å². The third-order valence-electron chi connectivity index (χ3n) is 5.30. The molecule has 0 amide bonds. The van der Waals surface area contributed by atoms with Gasteiger partial charge in [0.25, 0.3) is 5.89 Å². The van der Waals surface area contributed by atoms with Gasteiger partial charge in [0.15, 0.2) is 0 Å². The number of nitrogens with zero attached hydrogens (tertiary/aromatic N) is 2. The Bertz CT molecular complexity index is 1080. The zero-order valence-corrected chi connectivity index (χ0v) is 18.4. The van der Waals surface area contributed by atoms with E-state index in [0.29, 0.717) is 54.9 Å². The number of hydrogen-bond acceptors (Lipinski definition) is 7. The van der Waals surface area contributed by atoms with E-state index >= 15 is 0 Å². The molecule has 1 fully saturated rings. The Balaban J connectivity index is 1.71. The standard InChI is InChI=1S/C24H23ClN2O5/c1-30-24(29)20(17-7-9-18(25)10-8-17)21(28)22-26-19(15-16-5-3-2-4-6-16)23(32-22)27-11-13-31-14-12-27/h2-10,20H,11-15H2,1H3. The molecule has 0 bridgehead atoms. The zero-order valence-electron chi connectivity index (χ0n) is 17.6. The van der Waals surface area contributed by atoms with Crippen LogP contribution in [0.3, 0.4) is 0 Å². The number of carbonyl (C=O) groups excluding carboxylic acids is 2. The SMILES string of the molecule is COC(=O)C(C(=O)c1nc(Cc2ccccc2)c(N2CCOCC2)o1)c1ccc(Cl)cc1. The molecule has 2 aromatic carbocycles. The first-order valence-corrected chi connectivity index (χ1v) is 10.7. The van der Waals surface area contributed by atoms with Crippen LogP contribution >= 0.6 is 11.6 Å². The highest BCUT2D eigenvalue weighted by molar-refractivity contribution is 6.30. The van der Waals surface area contributed by atoms with Crippen molar-refractivity contribution in [2.75, 3.05) is 38.3 Å². The minimum Gasteiger partial charge on any atom is -0.468 e. The Hall–Kier alpha value is -3.16. The van der Waals surface area contributed by atoms with Gasteiger partial charge >= 0.3 is 5.97 Å². The highest BCUT2D eigenvalue weighted by Gasteiger charge is 2.35. The molecule has 32 heavy (non-hydrogen) atoms. The van der Waals surface area contributed by atoms with Crippen molar-refractivity contribution in [1.82, 2.24) is 4.98 Å². The fraction of sp³-hybridized carbons (Fsp3) is 0.292. The first kappa shape index (κ1) is 22.0. The third kappa shape index (κ3) is 4.84. The minimum atomic E-state index is -1.20. The summed E-state index contributed by atoms with van der Waals surface area (Å²) in [5.41, 5.74) is 2.14. The van der Waals surface area contributed by atoms with Gasteiger partial charge in [0.1, 0.15) is 11.6 Å². The molecular weight excluding hydrogens is 432 g/mol. The second-order valence-corrected chi connectivity index (χ2v) is 7.84. The van der Waals surface area contributed by atoms with Crippen molar-refractivity contribution in [2.24, 2.45) is 0 Å². The Morgan fingerprint density at radius 1 is 1.09 bits per heavy atom. The monoisotopic (exact) mass is 454 g/mol. The Morgan fingerprint density at radius 3 is 2.44 bits per heavy atom. The summed E-state index contributed by atoms with van der Waals surface area (Å²) in [6.07, 6.45) is 0.494. The van der Waals surface area contributed by atoms with Crippen molar-refractivity contribution >= 4 is 29.2 Å². The first-order chi connectivity index (χ1) is 15.6. The van der Waals surface area contributed by atoms with Gasteiger partial charge in [-0.05, 0) is 23.3 Å². The maximum Gasteiger partial charge on any atom is 0.321 e. The Morgan fingerprint density at radius 2 is 1.78 bits per heavy atom. The summed E-state index contributed by atoms with van der Waals surface area (Å²) >= 11 is 5.97. The quantitative estimate of drug-likeness (QED) is 0.304. The number of ether oxygens (including phenoxy) is 2. The van der Waals surface area contributed by atoms with Gasteiger partial charge in [-0.1, -0.05) is 54.1 Å². The number of ketones is 1. The molecule has 0 aliphatic carbocycles. The van der Waals surface area contributed by atoms with Crippen molar-refractivity contribution in [3.05, 3.63) is 82.3 Å². The van der Waals surface area contributed by atoms with Gasteiger partial charge in [0.2, 0.25) is 11.7 Å². The number of halogens is 1. The van der Waals surface area contributed by atoms with Gasteiger partial charge in [-0.3, -0.25) is 9.59 Å². The van der Waals surface area contributed by atoms with Crippen LogP contribution in [-0.4, -0.2) is 50.1 Å². The van der Waals surface area contributed by atoms with Crippen LogP contribution in [-0.2, 0) is 20.7 Å². The van der Waals surface area contributed by atoms with E-state index in [0.717, 1.165) is 5.56 Å². The number of aromatic nitrogens is 1. The largest absolute Gasteiger partial charge is 0.468 e. The highest BCUT2D eigenvalue weighted by Crippen LogP contribution is 2.30. The number of benzene rings is 2. The molecular formula is C24H23ClN2O5. The van der Waals surface area contributed by atoms with Gasteiger partial charge in [-0.25, -0.2) is 4.98 Å². The summed E-state index contributed by atoms with van der Waals surface area (Å²) < 4.78 is 16.3. The number of esters is 1. The topological polar surface area (TPSA) is 81.9 Å². The van der Waals surface area contributed by atoms with Crippen LogP contribution in [0.5, 0.6) is 0 Å². The number of carbonyl (C=O) groups is 2. The minimum absolute atomic E-state index is 0.122. The molecule has 1 unspecified atom stereocenters. The number of rotatable bonds is 7. The number of morpholine rings is 1. The van der Waals surface area contributed by atoms with E-state index in [4.69, 9.17) is 25.5 Å². The predicted octanol–water partition coefficient (Wildman–Crippen LogP) is 3.89. The van der Waals surface area contributed by atoms with E-state index in [1.165, 1.54) is 7.11 Å². The van der Waals surface area contributed by atoms with E-state index in [9.17, 15) is 9.59 Å². The summed E-state index contributed by atoms with van der Waals surface area (Å²) in [4.78, 5) is 32.5. The number of anilines is 1. The van der Waals surface area contributed by atoms with E-state index in [2.05, 4.69) is 4.98 Å². The number of hydrogen-bond donors (Lipinski definition) is 0. The summed E-state index contributed by atoms with van der Waals surface area (Å²) in [5, 5.41) is 0.501. The van der Waals surface area contributed by atoms with E-state index in [1.807, 2.05) is 35.2 Å². The van der Waals surface area contributed by atoms with Crippen molar-refractivity contribution in [1.29, 1.82) is 0 Å². The Labute approximate surface area is 190 Å². The fourth-order valence-electron chi connectivity index (χ4n) is 3.66. The molecule has 8 heteroatoms. The third-order valence-corrected chi connectivity index (χ3v) is 5.55. The lowest BCUT2D eigenvalue weighted by Crippen LogP contribution is -2.36. The van der Waals surface area contributed by atoms with Crippen molar-refractivity contribution < 1.29 is 23.5 Å². The number of methoxy groups -OCH3 is 1. The van der Waals surface area contributed by atoms with Crippen molar-refractivity contribution in [3.8, 4) is 0 Å². The molecule has 1 aliphatic rings. The molecule has 2 heterocycles. The molecule has 7 nitrogen and oxygen atoms in total. The van der Waals surface area contributed by atoms with Gasteiger partial charge in [0.05, 0.1) is 20.3 Å². The highest BCUT2D eigenvalue weighted by atomic mass is 35.5. The molecule has 0 saturated carbocycles. The average molecular weight is 455 g/mol. The lowest BCUT2D eigenvalue weighted by Gasteiger charge is -2.26. The van der Waals surface area contributed by atoms with E-state index in [-0.39, 0.29) is 5.89 Å². The second-order valence-electron chi connectivity index (χ2n) is 7.40. The van der Waals surface area contributed by atoms with Crippen LogP contribution in [0.4, 0.5) is 5.88 Å². The van der Waals surface area contributed by atoms with Gasteiger partial charge in [0, 0.05) is 24.5 Å². The van der Waals surface area contributed by atoms with Gasteiger partial charge in [-0.2, -0.15) is 0 Å². The average Bonchev–Trinajstić information content (AvgIpc) is 3.25. The lowest BCUT2D eigenvalue weighted by atomic mass is 9.94. The summed E-state index contributed by atoms with van der Waals surface area (Å²) in [6.45, 7) is 2.37. The molecule has 0 N–H and O–H groups in total. The molecule has 1 atom stereocenters. The molecule has 1 aromatic heterocycles. The van der Waals surface area contributed by atoms with Crippen LogP contribution in [0.25, 0.3) is 0 Å². The maximum absolute atomic E-state index is 13.4. The summed E-state index contributed by atoms with van der Waals surface area (Å²) in [5.74, 6) is -2.04. The molecule has 166 valence electrons. The van der Waals surface area contributed by atoms with Crippen LogP contribution < -0.4 is 4.90 Å². The normalized spacial score (nSPS) is 14.8. The first-order valence-electron chi connectivity index (χ1n) is 10.3. The summed E-state index contributed by atoms with van der Waals surface area (Å²) in [6, 6.07) is 16.3. The number of oxazole rings is 1. The van der Waals surface area contributed by atoms with E-state index < -0.39 is 17.7 Å². The van der Waals surface area contributed by atoms with Crippen molar-refractivity contribution in [2.45, 2.75) is 12.3 Å². The van der Waals surface area contributed by atoms with Crippen LogP contribution in [0, 0.1) is 0 Å². The molecule has 0 spiro atoms. The molecule has 0 radical (unpaired) electrons. The van der Waals surface area contributed by atoms with Crippen LogP contribution in [0.2, 0.25) is 5.02 Å². The summed E-state index contributed by atoms with van der Waals surface area (Å²) in [7, 11) is 1.24. The fourth-order valence-corrected chi connectivity index (χ4v) is 3.78. The predicted molar refractivity (Wildman–Crippen MR) is 119 cm³/mol. The van der Waals surface area contributed by atoms with Gasteiger partial charge in [-0.15, -0.1) is 0 Å².